The first-order valence-corrected chi connectivity index (χ1v) is 7.83. The maximum absolute atomic E-state index is 14.0. The molecular weight excluding hydrogens is 323 g/mol. The van der Waals surface area contributed by atoms with Crippen molar-refractivity contribution in [3.8, 4) is 0 Å². The molecule has 1 saturated carbocycles. The Labute approximate surface area is 127 Å². The van der Waals surface area contributed by atoms with Crippen molar-refractivity contribution in [2.75, 3.05) is 13.1 Å². The van der Waals surface area contributed by atoms with E-state index in [0.29, 0.717) is 23.5 Å². The van der Waals surface area contributed by atoms with Gasteiger partial charge in [-0.3, -0.25) is 4.79 Å². The van der Waals surface area contributed by atoms with Crippen molar-refractivity contribution in [2.24, 2.45) is 11.7 Å². The molecule has 1 aromatic rings. The molecule has 1 fully saturated rings. The molecule has 20 heavy (non-hydrogen) atoms. The van der Waals surface area contributed by atoms with Gasteiger partial charge in [0.25, 0.3) is 5.91 Å². The first kappa shape index (κ1) is 15.4. The first-order chi connectivity index (χ1) is 9.58. The van der Waals surface area contributed by atoms with Crippen LogP contribution in [-0.2, 0) is 0 Å². The minimum atomic E-state index is -0.481. The number of nitrogens with two attached hydrogens (primary N) is 1. The SMILES string of the molecule is CCN(C(=O)c1ccc(Br)cc1F)C1CCCC1CN. The number of hydrogen-bond donors (Lipinski definition) is 1. The number of halogens is 2. The highest BCUT2D eigenvalue weighted by atomic mass is 79.9. The van der Waals surface area contributed by atoms with Crippen LogP contribution in [0.2, 0.25) is 0 Å². The van der Waals surface area contributed by atoms with E-state index in [-0.39, 0.29) is 17.5 Å². The Balaban J connectivity index is 2.24. The van der Waals surface area contributed by atoms with Gasteiger partial charge in [0.2, 0.25) is 0 Å². The number of hydrogen-bond acceptors (Lipinski definition) is 2. The summed E-state index contributed by atoms with van der Waals surface area (Å²) in [5.41, 5.74) is 5.92. The molecule has 0 heterocycles. The van der Waals surface area contributed by atoms with Crippen molar-refractivity contribution in [2.45, 2.75) is 32.2 Å². The van der Waals surface area contributed by atoms with E-state index in [1.807, 2.05) is 6.92 Å². The predicted octanol–water partition coefficient (Wildman–Crippen LogP) is 3.18. The summed E-state index contributed by atoms with van der Waals surface area (Å²) in [6.45, 7) is 3.09. The summed E-state index contributed by atoms with van der Waals surface area (Å²) < 4.78 is 14.6. The molecule has 0 saturated heterocycles. The molecule has 2 atom stereocenters. The third-order valence-electron chi connectivity index (χ3n) is 4.09. The molecule has 3 nitrogen and oxygen atoms in total. The van der Waals surface area contributed by atoms with Gasteiger partial charge in [-0.25, -0.2) is 4.39 Å². The lowest BCUT2D eigenvalue weighted by molar-refractivity contribution is 0.0647. The summed E-state index contributed by atoms with van der Waals surface area (Å²) in [4.78, 5) is 14.4. The van der Waals surface area contributed by atoms with Gasteiger partial charge < -0.3 is 10.6 Å². The second-order valence-electron chi connectivity index (χ2n) is 5.21. The normalized spacial score (nSPS) is 22.0. The Morgan fingerprint density at radius 1 is 1.50 bits per heavy atom. The molecule has 1 aliphatic carbocycles. The summed E-state index contributed by atoms with van der Waals surface area (Å²) in [5.74, 6) is -0.384. The third-order valence-corrected chi connectivity index (χ3v) is 4.58. The largest absolute Gasteiger partial charge is 0.336 e. The minimum absolute atomic E-state index is 0.137. The van der Waals surface area contributed by atoms with E-state index in [0.717, 1.165) is 19.3 Å². The number of nitrogens with zero attached hydrogens (tertiary/aromatic N) is 1. The molecule has 1 aromatic carbocycles. The lowest BCUT2D eigenvalue weighted by Crippen LogP contribution is -2.44. The van der Waals surface area contributed by atoms with Gasteiger partial charge >= 0.3 is 0 Å². The average Bonchev–Trinajstić information content (AvgIpc) is 2.87. The van der Waals surface area contributed by atoms with E-state index >= 15 is 0 Å². The molecule has 2 unspecified atom stereocenters. The van der Waals surface area contributed by atoms with Gasteiger partial charge in [0.1, 0.15) is 5.82 Å². The highest BCUT2D eigenvalue weighted by Gasteiger charge is 2.34. The highest BCUT2D eigenvalue weighted by molar-refractivity contribution is 9.10. The Hall–Kier alpha value is -0.940. The van der Waals surface area contributed by atoms with E-state index in [1.165, 1.54) is 12.1 Å². The van der Waals surface area contributed by atoms with E-state index in [4.69, 9.17) is 5.73 Å². The third kappa shape index (κ3) is 3.04. The molecular formula is C15H20BrFN2O. The van der Waals surface area contributed by atoms with Gasteiger partial charge in [-0.15, -0.1) is 0 Å². The van der Waals surface area contributed by atoms with Crippen molar-refractivity contribution in [3.05, 3.63) is 34.1 Å². The fourth-order valence-corrected chi connectivity index (χ4v) is 3.38. The molecule has 110 valence electrons. The second-order valence-corrected chi connectivity index (χ2v) is 6.13. The average molecular weight is 343 g/mol. The van der Waals surface area contributed by atoms with Crippen LogP contribution in [-0.4, -0.2) is 29.9 Å². The van der Waals surface area contributed by atoms with E-state index in [2.05, 4.69) is 15.9 Å². The van der Waals surface area contributed by atoms with Crippen LogP contribution in [0.5, 0.6) is 0 Å². The lowest BCUT2D eigenvalue weighted by atomic mass is 10.0. The van der Waals surface area contributed by atoms with Gasteiger partial charge in [0, 0.05) is 17.1 Å². The summed E-state index contributed by atoms with van der Waals surface area (Å²) >= 11 is 3.21. The molecule has 0 aromatic heterocycles. The van der Waals surface area contributed by atoms with Crippen molar-refractivity contribution in [1.82, 2.24) is 4.90 Å². The van der Waals surface area contributed by atoms with Crippen molar-refractivity contribution in [3.63, 3.8) is 0 Å². The fraction of sp³-hybridized carbons (Fsp3) is 0.533. The molecule has 2 N–H and O–H groups in total. The molecule has 0 aliphatic heterocycles. The molecule has 0 spiro atoms. The van der Waals surface area contributed by atoms with Crippen LogP contribution in [0, 0.1) is 11.7 Å². The van der Waals surface area contributed by atoms with Gasteiger partial charge in [0.15, 0.2) is 0 Å². The van der Waals surface area contributed by atoms with Gasteiger partial charge in [-0.1, -0.05) is 22.4 Å². The number of benzene rings is 1. The van der Waals surface area contributed by atoms with Gasteiger partial charge in [-0.2, -0.15) is 0 Å². The Morgan fingerprint density at radius 3 is 2.85 bits per heavy atom. The van der Waals surface area contributed by atoms with Crippen LogP contribution in [0.15, 0.2) is 22.7 Å². The quantitative estimate of drug-likeness (QED) is 0.913. The molecule has 0 bridgehead atoms. The van der Waals surface area contributed by atoms with Gasteiger partial charge in [0.05, 0.1) is 5.56 Å². The molecule has 1 aliphatic rings. The maximum atomic E-state index is 14.0. The molecule has 5 heteroatoms. The predicted molar refractivity (Wildman–Crippen MR) is 81.0 cm³/mol. The zero-order valence-corrected chi connectivity index (χ0v) is 13.2. The monoisotopic (exact) mass is 342 g/mol. The molecule has 2 rings (SSSR count). The van der Waals surface area contributed by atoms with Crippen molar-refractivity contribution < 1.29 is 9.18 Å². The standard InChI is InChI=1S/C15H20BrFN2O/c1-2-19(14-5-3-4-10(14)9-18)15(20)12-7-6-11(16)8-13(12)17/h6-8,10,14H,2-5,9,18H2,1H3. The van der Waals surface area contributed by atoms with Crippen molar-refractivity contribution in [1.29, 1.82) is 0 Å². The van der Waals surface area contributed by atoms with Crippen LogP contribution in [0.4, 0.5) is 4.39 Å². The van der Waals surface area contributed by atoms with Gasteiger partial charge in [-0.05, 0) is 50.4 Å². The number of rotatable bonds is 4. The smallest absolute Gasteiger partial charge is 0.257 e. The topological polar surface area (TPSA) is 46.3 Å². The zero-order chi connectivity index (χ0) is 14.7. The maximum Gasteiger partial charge on any atom is 0.257 e. The number of carbonyl (C=O) groups is 1. The van der Waals surface area contributed by atoms with Crippen LogP contribution < -0.4 is 5.73 Å². The fourth-order valence-electron chi connectivity index (χ4n) is 3.05. The Bertz CT molecular complexity index is 495. The summed E-state index contributed by atoms with van der Waals surface area (Å²) in [7, 11) is 0. The zero-order valence-electron chi connectivity index (χ0n) is 11.6. The Kier molecular flexibility index (Phi) is 5.16. The summed E-state index contributed by atoms with van der Waals surface area (Å²) in [6.07, 6.45) is 3.09. The highest BCUT2D eigenvalue weighted by Crippen LogP contribution is 2.30. The van der Waals surface area contributed by atoms with E-state index < -0.39 is 5.82 Å². The van der Waals surface area contributed by atoms with Crippen LogP contribution in [0.25, 0.3) is 0 Å². The summed E-state index contributed by atoms with van der Waals surface area (Å²) in [6, 6.07) is 4.70. The van der Waals surface area contributed by atoms with Crippen LogP contribution in [0.3, 0.4) is 0 Å². The second kappa shape index (κ2) is 6.68. The minimum Gasteiger partial charge on any atom is -0.336 e. The first-order valence-electron chi connectivity index (χ1n) is 7.04. The van der Waals surface area contributed by atoms with E-state index in [9.17, 15) is 9.18 Å². The lowest BCUT2D eigenvalue weighted by Gasteiger charge is -2.32. The van der Waals surface area contributed by atoms with E-state index in [1.54, 1.807) is 11.0 Å². The van der Waals surface area contributed by atoms with Crippen LogP contribution >= 0.6 is 15.9 Å². The summed E-state index contributed by atoms with van der Waals surface area (Å²) in [5, 5.41) is 0. The molecule has 0 radical (unpaired) electrons. The Morgan fingerprint density at radius 2 is 2.25 bits per heavy atom. The number of carbonyl (C=O) groups excluding carboxylic acids is 1. The van der Waals surface area contributed by atoms with Crippen molar-refractivity contribution >= 4 is 21.8 Å². The molecule has 1 amide bonds. The van der Waals surface area contributed by atoms with Crippen LogP contribution in [0.1, 0.15) is 36.5 Å². The number of amides is 1.